The Morgan fingerprint density at radius 2 is 1.74 bits per heavy atom. The van der Waals surface area contributed by atoms with Crippen molar-refractivity contribution in [1.29, 1.82) is 0 Å². The predicted octanol–water partition coefficient (Wildman–Crippen LogP) is 0.452. The first kappa shape index (κ1) is 17.4. The number of urea groups is 1. The van der Waals surface area contributed by atoms with Crippen molar-refractivity contribution in [2.24, 2.45) is 0 Å². The van der Waals surface area contributed by atoms with Gasteiger partial charge in [0.2, 0.25) is 5.91 Å². The third-order valence-electron chi connectivity index (χ3n) is 2.38. The summed E-state index contributed by atoms with van der Waals surface area (Å²) in [6.45, 7) is 6.92. The summed E-state index contributed by atoms with van der Waals surface area (Å²) in [6.07, 6.45) is 1.11. The van der Waals surface area contributed by atoms with Crippen LogP contribution in [0.3, 0.4) is 0 Å². The summed E-state index contributed by atoms with van der Waals surface area (Å²) in [5.74, 6) is -1.56. The van der Waals surface area contributed by atoms with E-state index >= 15 is 0 Å². The molecule has 110 valence electrons. The molecule has 7 nitrogen and oxygen atoms in total. The molecule has 0 aromatic heterocycles. The van der Waals surface area contributed by atoms with Gasteiger partial charge in [0.05, 0.1) is 6.04 Å². The molecule has 0 aromatic carbocycles. The molecule has 7 heteroatoms. The molecule has 2 atom stereocenters. The van der Waals surface area contributed by atoms with E-state index in [-0.39, 0.29) is 6.04 Å². The molecule has 2 unspecified atom stereocenters. The molecule has 4 N–H and O–H groups in total. The summed E-state index contributed by atoms with van der Waals surface area (Å²) in [6, 6.07) is -2.22. The highest BCUT2D eigenvalue weighted by molar-refractivity contribution is 5.97. The molecule has 0 spiro atoms. The Balaban J connectivity index is 4.32. The van der Waals surface area contributed by atoms with Crippen molar-refractivity contribution in [2.75, 3.05) is 0 Å². The van der Waals surface area contributed by atoms with E-state index in [1.54, 1.807) is 13.8 Å². The zero-order valence-corrected chi connectivity index (χ0v) is 11.8. The van der Waals surface area contributed by atoms with Crippen molar-refractivity contribution in [3.63, 3.8) is 0 Å². The van der Waals surface area contributed by atoms with Gasteiger partial charge in [0, 0.05) is 6.04 Å². The number of carbonyl (C=O) groups is 3. The van der Waals surface area contributed by atoms with Gasteiger partial charge in [-0.2, -0.15) is 0 Å². The lowest BCUT2D eigenvalue weighted by molar-refractivity contribution is -0.140. The minimum absolute atomic E-state index is 0.0806. The number of carboxylic acids is 1. The topological polar surface area (TPSA) is 108 Å². The Kier molecular flexibility index (Phi) is 7.74. The first-order valence-electron chi connectivity index (χ1n) is 6.38. The highest BCUT2D eigenvalue weighted by atomic mass is 16.4. The van der Waals surface area contributed by atoms with Crippen LogP contribution in [-0.4, -0.2) is 41.1 Å². The van der Waals surface area contributed by atoms with Gasteiger partial charge < -0.3 is 10.4 Å². The maximum atomic E-state index is 11.7. The van der Waals surface area contributed by atoms with Gasteiger partial charge in [0.25, 0.3) is 0 Å². The van der Waals surface area contributed by atoms with Crippen LogP contribution in [0.1, 0.15) is 40.5 Å². The molecule has 0 aliphatic rings. The zero-order chi connectivity index (χ0) is 15.0. The molecule has 3 amide bonds. The fraction of sp³-hybridized carbons (Fsp3) is 0.750. The van der Waals surface area contributed by atoms with Crippen LogP contribution in [0.15, 0.2) is 0 Å². The number of nitrogens with one attached hydrogen (secondary N) is 3. The second-order valence-electron chi connectivity index (χ2n) is 4.69. The minimum atomic E-state index is -1.01. The average Bonchev–Trinajstić information content (AvgIpc) is 2.26. The molecular weight excluding hydrogens is 250 g/mol. The van der Waals surface area contributed by atoms with Crippen LogP contribution in [0, 0.1) is 0 Å². The predicted molar refractivity (Wildman–Crippen MR) is 70.7 cm³/mol. The number of carboxylic acid groups (broad SMARTS) is 1. The molecule has 0 heterocycles. The second kappa shape index (κ2) is 8.47. The zero-order valence-electron chi connectivity index (χ0n) is 11.8. The lowest BCUT2D eigenvalue weighted by Gasteiger charge is -2.19. The summed E-state index contributed by atoms with van der Waals surface area (Å²) < 4.78 is 0. The van der Waals surface area contributed by atoms with Gasteiger partial charge in [-0.1, -0.05) is 13.3 Å². The van der Waals surface area contributed by atoms with Crippen molar-refractivity contribution < 1.29 is 19.5 Å². The quantitative estimate of drug-likeness (QED) is 0.539. The lowest BCUT2D eigenvalue weighted by atomic mass is 10.1. The van der Waals surface area contributed by atoms with Crippen molar-refractivity contribution >= 4 is 17.9 Å². The number of aliphatic carboxylic acids is 1. The smallest absolute Gasteiger partial charge is 0.321 e. The molecule has 0 radical (unpaired) electrons. The molecule has 0 aliphatic heterocycles. The van der Waals surface area contributed by atoms with Gasteiger partial charge in [-0.3, -0.25) is 20.2 Å². The van der Waals surface area contributed by atoms with Crippen molar-refractivity contribution in [3.05, 3.63) is 0 Å². The molecule has 0 rings (SSSR count). The Morgan fingerprint density at radius 1 is 1.16 bits per heavy atom. The van der Waals surface area contributed by atoms with Crippen LogP contribution in [0.2, 0.25) is 0 Å². The number of amides is 3. The SMILES string of the molecule is CCCC(NC(C)C(=O)NC(=O)NC(C)C)C(=O)O. The molecular formula is C12H23N3O4. The number of carbonyl (C=O) groups excluding carboxylic acids is 2. The molecule has 0 fully saturated rings. The van der Waals surface area contributed by atoms with E-state index < -0.39 is 30.0 Å². The Hall–Kier alpha value is -1.63. The normalized spacial score (nSPS) is 13.7. The molecule has 0 bridgehead atoms. The fourth-order valence-electron chi connectivity index (χ4n) is 1.46. The number of rotatable bonds is 7. The summed E-state index contributed by atoms with van der Waals surface area (Å²) in [7, 11) is 0. The van der Waals surface area contributed by atoms with E-state index in [0.717, 1.165) is 0 Å². The standard InChI is InChI=1S/C12H23N3O4/c1-5-6-9(11(17)18)14-8(4)10(16)15-12(19)13-7(2)3/h7-9,14H,5-6H2,1-4H3,(H,17,18)(H2,13,15,16,19). The Morgan fingerprint density at radius 3 is 2.16 bits per heavy atom. The molecule has 0 saturated heterocycles. The molecule has 19 heavy (non-hydrogen) atoms. The number of imide groups is 1. The highest BCUT2D eigenvalue weighted by Gasteiger charge is 2.23. The maximum Gasteiger partial charge on any atom is 0.321 e. The minimum Gasteiger partial charge on any atom is -0.480 e. The molecule has 0 aromatic rings. The van der Waals surface area contributed by atoms with Crippen LogP contribution < -0.4 is 16.0 Å². The van der Waals surface area contributed by atoms with Crippen LogP contribution in [-0.2, 0) is 9.59 Å². The summed E-state index contributed by atoms with van der Waals surface area (Å²) in [5.41, 5.74) is 0. The fourth-order valence-corrected chi connectivity index (χ4v) is 1.46. The van der Waals surface area contributed by atoms with Gasteiger partial charge in [-0.25, -0.2) is 4.79 Å². The van der Waals surface area contributed by atoms with E-state index in [9.17, 15) is 14.4 Å². The van der Waals surface area contributed by atoms with E-state index in [2.05, 4.69) is 16.0 Å². The van der Waals surface area contributed by atoms with Gasteiger partial charge >= 0.3 is 12.0 Å². The maximum absolute atomic E-state index is 11.7. The lowest BCUT2D eigenvalue weighted by Crippen LogP contribution is -2.52. The Labute approximate surface area is 113 Å². The Bertz CT molecular complexity index is 331. The summed E-state index contributed by atoms with van der Waals surface area (Å²) in [4.78, 5) is 33.9. The molecule has 0 aliphatic carbocycles. The third-order valence-corrected chi connectivity index (χ3v) is 2.38. The van der Waals surface area contributed by atoms with E-state index in [4.69, 9.17) is 5.11 Å². The second-order valence-corrected chi connectivity index (χ2v) is 4.69. The number of hydrogen-bond acceptors (Lipinski definition) is 4. The summed E-state index contributed by atoms with van der Waals surface area (Å²) in [5, 5.41) is 16.3. The van der Waals surface area contributed by atoms with E-state index in [0.29, 0.717) is 12.8 Å². The van der Waals surface area contributed by atoms with Gasteiger partial charge in [-0.05, 0) is 27.2 Å². The van der Waals surface area contributed by atoms with Crippen LogP contribution in [0.5, 0.6) is 0 Å². The van der Waals surface area contributed by atoms with Gasteiger partial charge in [-0.15, -0.1) is 0 Å². The van der Waals surface area contributed by atoms with Crippen LogP contribution in [0.4, 0.5) is 4.79 Å². The monoisotopic (exact) mass is 273 g/mol. The van der Waals surface area contributed by atoms with Crippen molar-refractivity contribution in [1.82, 2.24) is 16.0 Å². The van der Waals surface area contributed by atoms with Crippen LogP contribution >= 0.6 is 0 Å². The molecule has 0 saturated carbocycles. The van der Waals surface area contributed by atoms with Crippen molar-refractivity contribution in [2.45, 2.75) is 58.7 Å². The van der Waals surface area contributed by atoms with Gasteiger partial charge in [0.15, 0.2) is 0 Å². The van der Waals surface area contributed by atoms with Crippen molar-refractivity contribution in [3.8, 4) is 0 Å². The first-order valence-corrected chi connectivity index (χ1v) is 6.38. The third kappa shape index (κ3) is 7.40. The van der Waals surface area contributed by atoms with E-state index in [1.165, 1.54) is 6.92 Å². The van der Waals surface area contributed by atoms with Crippen LogP contribution in [0.25, 0.3) is 0 Å². The average molecular weight is 273 g/mol. The van der Waals surface area contributed by atoms with E-state index in [1.807, 2.05) is 6.92 Å². The number of hydrogen-bond donors (Lipinski definition) is 4. The largest absolute Gasteiger partial charge is 0.480 e. The highest BCUT2D eigenvalue weighted by Crippen LogP contribution is 1.99. The first-order chi connectivity index (χ1) is 8.77. The summed E-state index contributed by atoms with van der Waals surface area (Å²) >= 11 is 0. The van der Waals surface area contributed by atoms with Gasteiger partial charge in [0.1, 0.15) is 6.04 Å².